The minimum atomic E-state index is 0.160. The van der Waals surface area contributed by atoms with E-state index in [1.165, 1.54) is 0 Å². The van der Waals surface area contributed by atoms with Crippen molar-refractivity contribution in [2.45, 2.75) is 18.1 Å². The molecule has 38 valence electrons. The van der Waals surface area contributed by atoms with Gasteiger partial charge in [0.2, 0.25) is 0 Å². The van der Waals surface area contributed by atoms with E-state index in [0.29, 0.717) is 6.61 Å². The fourth-order valence-electron chi connectivity index (χ4n) is 0. The second kappa shape index (κ2) is 1.99. The molecule has 2 heteroatoms. The predicted octanol–water partition coefficient (Wildman–Crippen LogP) is -0.190. The van der Waals surface area contributed by atoms with Crippen LogP contribution in [-0.4, -0.2) is 28.6 Å². The molecule has 0 heterocycles. The van der Waals surface area contributed by atoms with Gasteiger partial charge in [-0.25, -0.2) is 0 Å². The van der Waals surface area contributed by atoms with Gasteiger partial charge in [-0.1, -0.05) is 0 Å². The van der Waals surface area contributed by atoms with Crippen LogP contribution in [0.25, 0.3) is 0 Å². The van der Waals surface area contributed by atoms with Gasteiger partial charge in [-0.2, -0.15) is 0 Å². The summed E-state index contributed by atoms with van der Waals surface area (Å²) in [5, 5.41) is 8.42. The van der Waals surface area contributed by atoms with Crippen LogP contribution in [0, 0.1) is 0 Å². The van der Waals surface area contributed by atoms with Crippen LogP contribution in [0.1, 0.15) is 13.8 Å². The van der Waals surface area contributed by atoms with Gasteiger partial charge in [-0.15, -0.1) is 0 Å². The molecule has 0 aromatic carbocycles. The van der Waals surface area contributed by atoms with E-state index in [4.69, 9.17) is 5.11 Å². The van der Waals surface area contributed by atoms with Gasteiger partial charge in [0.15, 0.2) is 0 Å². The molecule has 0 aliphatic rings. The predicted molar refractivity (Wildman–Crippen MR) is 29.7 cm³/mol. The molecule has 1 unspecified atom stereocenters. The van der Waals surface area contributed by atoms with Crippen molar-refractivity contribution in [3.63, 3.8) is 0 Å². The Morgan fingerprint density at radius 2 is 1.83 bits per heavy atom. The normalized spacial score (nSPS) is 12.0. The molecule has 0 aliphatic carbocycles. The molecule has 0 fully saturated rings. The van der Waals surface area contributed by atoms with Crippen molar-refractivity contribution < 1.29 is 5.11 Å². The molecule has 0 rings (SSSR count). The van der Waals surface area contributed by atoms with Gasteiger partial charge in [-0.3, -0.25) is 0 Å². The SMILES string of the molecule is CC(C)([AsH2])CO. The summed E-state index contributed by atoms with van der Waals surface area (Å²) in [4.78, 5) is 0. The fourth-order valence-corrected chi connectivity index (χ4v) is 0. The Labute approximate surface area is 47.2 Å². The molecule has 0 spiro atoms. The molecule has 0 aliphatic heterocycles. The summed E-state index contributed by atoms with van der Waals surface area (Å²) in [6.07, 6.45) is 0. The van der Waals surface area contributed by atoms with E-state index in [-0.39, 0.29) is 4.20 Å². The first-order chi connectivity index (χ1) is 2.56. The van der Waals surface area contributed by atoms with Crippen LogP contribution < -0.4 is 0 Å². The summed E-state index contributed by atoms with van der Waals surface area (Å²) >= 11 is 1.58. The van der Waals surface area contributed by atoms with Gasteiger partial charge in [-0.05, 0) is 0 Å². The quantitative estimate of drug-likeness (QED) is 0.513. The molecular formula is C4H11AsO. The summed E-state index contributed by atoms with van der Waals surface area (Å²) in [5.41, 5.74) is 0. The van der Waals surface area contributed by atoms with E-state index < -0.39 is 0 Å². The number of aliphatic hydroxyl groups is 1. The van der Waals surface area contributed by atoms with Gasteiger partial charge in [0.05, 0.1) is 0 Å². The summed E-state index contributed by atoms with van der Waals surface area (Å²) in [6, 6.07) is 0. The average molecular weight is 150 g/mol. The molecule has 6 heavy (non-hydrogen) atoms. The molecule has 1 N–H and O–H groups in total. The van der Waals surface area contributed by atoms with Crippen molar-refractivity contribution in [3.8, 4) is 0 Å². The number of rotatable bonds is 1. The Morgan fingerprint density at radius 3 is 1.83 bits per heavy atom. The molecule has 0 aromatic heterocycles. The van der Waals surface area contributed by atoms with Crippen LogP contribution in [0.4, 0.5) is 0 Å². The molecule has 0 saturated carbocycles. The van der Waals surface area contributed by atoms with Gasteiger partial charge < -0.3 is 0 Å². The van der Waals surface area contributed by atoms with Gasteiger partial charge in [0, 0.05) is 0 Å². The zero-order valence-electron chi connectivity index (χ0n) is 4.23. The molecular weight excluding hydrogens is 139 g/mol. The Bertz CT molecular complexity index is 37.3. The third kappa shape index (κ3) is 4.52. The molecule has 0 saturated heterocycles. The molecule has 0 amide bonds. The Morgan fingerprint density at radius 1 is 1.67 bits per heavy atom. The van der Waals surface area contributed by atoms with Crippen LogP contribution >= 0.6 is 0 Å². The van der Waals surface area contributed by atoms with Crippen LogP contribution in [0.3, 0.4) is 0 Å². The van der Waals surface area contributed by atoms with Crippen LogP contribution in [0.5, 0.6) is 0 Å². The number of hydrogen-bond acceptors (Lipinski definition) is 1. The second-order valence-corrected chi connectivity index (χ2v) is 5.43. The molecule has 1 atom stereocenters. The third-order valence-corrected chi connectivity index (χ3v) is 0.791. The Kier molecular flexibility index (Phi) is 2.17. The molecule has 0 radical (unpaired) electrons. The molecule has 1 nitrogen and oxygen atoms in total. The maximum absolute atomic E-state index is 8.42. The Balaban J connectivity index is 3.17. The third-order valence-electron chi connectivity index (χ3n) is 0.408. The van der Waals surface area contributed by atoms with Crippen molar-refractivity contribution in [1.29, 1.82) is 0 Å². The van der Waals surface area contributed by atoms with Crippen LogP contribution in [0.15, 0.2) is 0 Å². The van der Waals surface area contributed by atoms with Crippen molar-refractivity contribution in [2.75, 3.05) is 6.61 Å². The van der Waals surface area contributed by atoms with E-state index in [1.807, 2.05) is 13.8 Å². The van der Waals surface area contributed by atoms with Gasteiger partial charge in [0.1, 0.15) is 0 Å². The minimum absolute atomic E-state index is 0.160. The van der Waals surface area contributed by atoms with E-state index in [9.17, 15) is 0 Å². The summed E-state index contributed by atoms with van der Waals surface area (Å²) in [7, 11) is 0. The summed E-state index contributed by atoms with van der Waals surface area (Å²) in [6.45, 7) is 4.34. The second-order valence-electron chi connectivity index (χ2n) is 2.15. The van der Waals surface area contributed by atoms with Crippen molar-refractivity contribution in [3.05, 3.63) is 0 Å². The Hall–Kier alpha value is 0.518. The summed E-state index contributed by atoms with van der Waals surface area (Å²) in [5.74, 6) is 0. The zero-order chi connectivity index (χ0) is 5.21. The van der Waals surface area contributed by atoms with Crippen LogP contribution in [-0.2, 0) is 0 Å². The van der Waals surface area contributed by atoms with Crippen LogP contribution in [0.2, 0.25) is 4.20 Å². The zero-order valence-corrected chi connectivity index (χ0v) is 6.65. The maximum atomic E-state index is 8.42. The number of aliphatic hydroxyl groups excluding tert-OH is 1. The van der Waals surface area contributed by atoms with E-state index in [2.05, 4.69) is 0 Å². The number of hydrogen-bond donors (Lipinski definition) is 1. The van der Waals surface area contributed by atoms with Crippen molar-refractivity contribution in [1.82, 2.24) is 0 Å². The first kappa shape index (κ1) is 6.52. The van der Waals surface area contributed by atoms with E-state index in [0.717, 1.165) is 0 Å². The fraction of sp³-hybridized carbons (Fsp3) is 1.00. The van der Waals surface area contributed by atoms with Gasteiger partial charge in [0.25, 0.3) is 0 Å². The van der Waals surface area contributed by atoms with Crippen molar-refractivity contribution in [2.24, 2.45) is 0 Å². The first-order valence-corrected chi connectivity index (χ1v) is 3.17. The monoisotopic (exact) mass is 150 g/mol. The molecule has 0 aromatic rings. The topological polar surface area (TPSA) is 20.2 Å². The first-order valence-electron chi connectivity index (χ1n) is 1.96. The van der Waals surface area contributed by atoms with E-state index >= 15 is 0 Å². The molecule has 0 bridgehead atoms. The van der Waals surface area contributed by atoms with Crippen molar-refractivity contribution >= 4 is 16.9 Å². The average Bonchev–Trinajstić information content (AvgIpc) is 1.35. The standard InChI is InChI=1S/C4H11AsO/c1-4(2,5)3-6/h6H,3,5H2,1-2H3. The summed E-state index contributed by atoms with van der Waals surface area (Å²) < 4.78 is 0.160. The van der Waals surface area contributed by atoms with Gasteiger partial charge >= 0.3 is 46.6 Å². The van der Waals surface area contributed by atoms with E-state index in [1.54, 1.807) is 16.9 Å².